The molecule has 2 nitrogen and oxygen atoms in total. The van der Waals surface area contributed by atoms with Gasteiger partial charge < -0.3 is 4.74 Å². The summed E-state index contributed by atoms with van der Waals surface area (Å²) in [7, 11) is 0. The average Bonchev–Trinajstić information content (AvgIpc) is 2.18. The second kappa shape index (κ2) is 5.07. The number of esters is 1. The molecule has 4 heteroatoms. The van der Waals surface area contributed by atoms with Gasteiger partial charge in [0, 0.05) is 0 Å². The summed E-state index contributed by atoms with van der Waals surface area (Å²) in [6.45, 7) is 5.64. The molecule has 0 N–H and O–H groups in total. The van der Waals surface area contributed by atoms with Crippen molar-refractivity contribution < 1.29 is 9.53 Å². The topological polar surface area (TPSA) is 26.3 Å². The third-order valence-corrected chi connectivity index (χ3v) is 2.71. The molecule has 0 aliphatic rings. The standard InChI is InChI=1S/C12H14Cl2O2/c1-12(2,3)11(15)16-7-8-4-5-9(13)10(14)6-8/h4-6H,7H2,1-3H3. The Morgan fingerprint density at radius 1 is 1.25 bits per heavy atom. The number of hydrogen-bond donors (Lipinski definition) is 0. The first kappa shape index (κ1) is 13.3. The van der Waals surface area contributed by atoms with Crippen molar-refractivity contribution in [2.75, 3.05) is 0 Å². The zero-order valence-electron chi connectivity index (χ0n) is 9.51. The second-order valence-electron chi connectivity index (χ2n) is 4.57. The van der Waals surface area contributed by atoms with E-state index in [0.717, 1.165) is 5.56 Å². The van der Waals surface area contributed by atoms with Gasteiger partial charge in [0.05, 0.1) is 15.5 Å². The molecule has 88 valence electrons. The number of benzene rings is 1. The quantitative estimate of drug-likeness (QED) is 0.749. The van der Waals surface area contributed by atoms with Crippen LogP contribution in [-0.2, 0) is 16.1 Å². The minimum Gasteiger partial charge on any atom is -0.460 e. The van der Waals surface area contributed by atoms with E-state index in [1.807, 2.05) is 20.8 Å². The third kappa shape index (κ3) is 3.69. The Bertz CT molecular complexity index is 394. The van der Waals surface area contributed by atoms with Crippen molar-refractivity contribution in [2.45, 2.75) is 27.4 Å². The highest BCUT2D eigenvalue weighted by atomic mass is 35.5. The average molecular weight is 261 g/mol. The predicted molar refractivity (Wildman–Crippen MR) is 65.7 cm³/mol. The maximum Gasteiger partial charge on any atom is 0.311 e. The summed E-state index contributed by atoms with van der Waals surface area (Å²) >= 11 is 11.6. The molecular formula is C12H14Cl2O2. The van der Waals surface area contributed by atoms with E-state index in [2.05, 4.69) is 0 Å². The van der Waals surface area contributed by atoms with Crippen molar-refractivity contribution in [3.63, 3.8) is 0 Å². The van der Waals surface area contributed by atoms with Crippen LogP contribution in [0.5, 0.6) is 0 Å². The molecule has 0 radical (unpaired) electrons. The molecule has 0 amide bonds. The normalized spacial score (nSPS) is 11.3. The zero-order valence-corrected chi connectivity index (χ0v) is 11.0. The largest absolute Gasteiger partial charge is 0.460 e. The number of rotatable bonds is 2. The summed E-state index contributed by atoms with van der Waals surface area (Å²) in [4.78, 5) is 11.5. The molecule has 1 aromatic carbocycles. The summed E-state index contributed by atoms with van der Waals surface area (Å²) in [6, 6.07) is 5.16. The summed E-state index contributed by atoms with van der Waals surface area (Å²) in [5.74, 6) is -0.237. The summed E-state index contributed by atoms with van der Waals surface area (Å²) in [5.41, 5.74) is 0.336. The molecule has 0 fully saturated rings. The van der Waals surface area contributed by atoms with Crippen LogP contribution in [0.3, 0.4) is 0 Å². The van der Waals surface area contributed by atoms with Gasteiger partial charge in [0.2, 0.25) is 0 Å². The highest BCUT2D eigenvalue weighted by Crippen LogP contribution is 2.23. The maximum atomic E-state index is 11.5. The van der Waals surface area contributed by atoms with E-state index >= 15 is 0 Å². The predicted octanol–water partition coefficient (Wildman–Crippen LogP) is 4.08. The fraction of sp³-hybridized carbons (Fsp3) is 0.417. The van der Waals surface area contributed by atoms with Gasteiger partial charge in [0.15, 0.2) is 0 Å². The molecule has 0 atom stereocenters. The highest BCUT2D eigenvalue weighted by Gasteiger charge is 2.22. The molecular weight excluding hydrogens is 247 g/mol. The van der Waals surface area contributed by atoms with Crippen LogP contribution in [0.15, 0.2) is 18.2 Å². The summed E-state index contributed by atoms with van der Waals surface area (Å²) < 4.78 is 5.15. The van der Waals surface area contributed by atoms with Crippen molar-refractivity contribution in [2.24, 2.45) is 5.41 Å². The molecule has 0 aliphatic carbocycles. The molecule has 16 heavy (non-hydrogen) atoms. The van der Waals surface area contributed by atoms with E-state index in [1.54, 1.807) is 18.2 Å². The Balaban J connectivity index is 2.62. The van der Waals surface area contributed by atoms with Crippen molar-refractivity contribution in [1.82, 2.24) is 0 Å². The monoisotopic (exact) mass is 260 g/mol. The molecule has 1 aromatic rings. The van der Waals surface area contributed by atoms with Crippen LogP contribution in [0.4, 0.5) is 0 Å². The smallest absolute Gasteiger partial charge is 0.311 e. The van der Waals surface area contributed by atoms with Crippen molar-refractivity contribution in [3.05, 3.63) is 33.8 Å². The first-order valence-corrected chi connectivity index (χ1v) is 5.67. The molecule has 0 saturated carbocycles. The molecule has 0 bridgehead atoms. The van der Waals surface area contributed by atoms with Crippen LogP contribution in [0.25, 0.3) is 0 Å². The van der Waals surface area contributed by atoms with Crippen molar-refractivity contribution in [3.8, 4) is 0 Å². The molecule has 0 saturated heterocycles. The van der Waals surface area contributed by atoms with Crippen LogP contribution in [0.1, 0.15) is 26.3 Å². The Morgan fingerprint density at radius 2 is 1.88 bits per heavy atom. The molecule has 0 spiro atoms. The van der Waals surface area contributed by atoms with Gasteiger partial charge in [0.1, 0.15) is 6.61 Å². The molecule has 0 unspecified atom stereocenters. The van der Waals surface area contributed by atoms with E-state index in [1.165, 1.54) is 0 Å². The van der Waals surface area contributed by atoms with Crippen LogP contribution >= 0.6 is 23.2 Å². The summed E-state index contributed by atoms with van der Waals surface area (Å²) in [5, 5.41) is 0.957. The Morgan fingerprint density at radius 3 is 2.38 bits per heavy atom. The number of halogens is 2. The van der Waals surface area contributed by atoms with Gasteiger partial charge in [-0.3, -0.25) is 4.79 Å². The van der Waals surface area contributed by atoms with E-state index in [4.69, 9.17) is 27.9 Å². The van der Waals surface area contributed by atoms with Crippen molar-refractivity contribution >= 4 is 29.2 Å². The first-order chi connectivity index (χ1) is 7.30. The van der Waals surface area contributed by atoms with Gasteiger partial charge in [0.25, 0.3) is 0 Å². The minimum absolute atomic E-state index is 0.215. The molecule has 0 heterocycles. The van der Waals surface area contributed by atoms with Gasteiger partial charge in [-0.2, -0.15) is 0 Å². The number of carbonyl (C=O) groups is 1. The number of ether oxygens (including phenoxy) is 1. The van der Waals surface area contributed by atoms with Gasteiger partial charge >= 0.3 is 5.97 Å². The van der Waals surface area contributed by atoms with Gasteiger partial charge in [-0.05, 0) is 38.5 Å². The van der Waals surface area contributed by atoms with Crippen LogP contribution < -0.4 is 0 Å². The van der Waals surface area contributed by atoms with Crippen molar-refractivity contribution in [1.29, 1.82) is 0 Å². The Kier molecular flexibility index (Phi) is 4.22. The minimum atomic E-state index is -0.490. The molecule has 0 aromatic heterocycles. The highest BCUT2D eigenvalue weighted by molar-refractivity contribution is 6.42. The third-order valence-electron chi connectivity index (χ3n) is 1.97. The number of carbonyl (C=O) groups excluding carboxylic acids is 1. The lowest BCUT2D eigenvalue weighted by molar-refractivity contribution is -0.154. The molecule has 1 rings (SSSR count). The fourth-order valence-corrected chi connectivity index (χ4v) is 1.32. The number of hydrogen-bond acceptors (Lipinski definition) is 2. The Hall–Kier alpha value is -0.730. The van der Waals surface area contributed by atoms with E-state index < -0.39 is 5.41 Å². The lowest BCUT2D eigenvalue weighted by Gasteiger charge is -2.16. The first-order valence-electron chi connectivity index (χ1n) is 4.92. The fourth-order valence-electron chi connectivity index (χ4n) is 0.995. The van der Waals surface area contributed by atoms with E-state index in [-0.39, 0.29) is 12.6 Å². The Labute approximate surface area is 106 Å². The van der Waals surface area contributed by atoms with E-state index in [0.29, 0.717) is 10.0 Å². The lowest BCUT2D eigenvalue weighted by Crippen LogP contribution is -2.22. The summed E-state index contributed by atoms with van der Waals surface area (Å²) in [6.07, 6.45) is 0. The second-order valence-corrected chi connectivity index (χ2v) is 5.39. The van der Waals surface area contributed by atoms with Gasteiger partial charge in [-0.1, -0.05) is 29.3 Å². The molecule has 0 aliphatic heterocycles. The zero-order chi connectivity index (χ0) is 12.3. The van der Waals surface area contributed by atoms with Crippen LogP contribution in [0, 0.1) is 5.41 Å². The van der Waals surface area contributed by atoms with Crippen LogP contribution in [0.2, 0.25) is 10.0 Å². The van der Waals surface area contributed by atoms with Crippen LogP contribution in [-0.4, -0.2) is 5.97 Å². The van der Waals surface area contributed by atoms with Gasteiger partial charge in [-0.15, -0.1) is 0 Å². The maximum absolute atomic E-state index is 11.5. The van der Waals surface area contributed by atoms with E-state index in [9.17, 15) is 4.79 Å². The lowest BCUT2D eigenvalue weighted by atomic mass is 9.97. The SMILES string of the molecule is CC(C)(C)C(=O)OCc1ccc(Cl)c(Cl)c1. The van der Waals surface area contributed by atoms with Gasteiger partial charge in [-0.25, -0.2) is 0 Å².